The van der Waals surface area contributed by atoms with Crippen LogP contribution < -0.4 is 5.43 Å². The second-order valence-electron chi connectivity index (χ2n) is 6.13. The fourth-order valence-electron chi connectivity index (χ4n) is 2.88. The van der Waals surface area contributed by atoms with Crippen molar-refractivity contribution in [2.75, 3.05) is 13.1 Å². The van der Waals surface area contributed by atoms with Crippen molar-refractivity contribution in [3.8, 4) is 0 Å². The molecule has 0 atom stereocenters. The molecule has 0 spiro atoms. The topological polar surface area (TPSA) is 38.5 Å². The Morgan fingerprint density at radius 2 is 1.96 bits per heavy atom. The number of hydrogen-bond donors (Lipinski definition) is 1. The minimum atomic E-state index is -0.648. The van der Waals surface area contributed by atoms with Gasteiger partial charge in [-0.3, -0.25) is 4.99 Å². The summed E-state index contributed by atoms with van der Waals surface area (Å²) in [6.45, 7) is 4.58. The number of nitrogens with one attached hydrogen (secondary N) is 1. The van der Waals surface area contributed by atoms with Crippen molar-refractivity contribution in [2.45, 2.75) is 12.8 Å². The maximum atomic E-state index is 14.4. The van der Waals surface area contributed by atoms with Gasteiger partial charge in [-0.15, -0.1) is 13.1 Å². The smallest absolute Gasteiger partial charge is 0.135 e. The van der Waals surface area contributed by atoms with Crippen LogP contribution in [0.15, 0.2) is 65.8 Å². The molecule has 1 N–H and O–H groups in total. The zero-order chi connectivity index (χ0) is 19.2. The Hall–Kier alpha value is -1.40. The molecule has 1 aliphatic heterocycles. The Morgan fingerprint density at radius 1 is 1.21 bits per heavy atom. The molecular weight excluding hydrogens is 457 g/mol. The van der Waals surface area contributed by atoms with Crippen LogP contribution in [0, 0.1) is 11.6 Å². The van der Waals surface area contributed by atoms with Gasteiger partial charge in [-0.05, 0) is 48.0 Å². The zero-order valence-corrected chi connectivity index (χ0v) is 18.9. The molecule has 1 aliphatic rings. The largest absolute Gasteiger partial charge is 0.571 e. The van der Waals surface area contributed by atoms with Gasteiger partial charge in [0.2, 0.25) is 0 Å². The van der Waals surface area contributed by atoms with E-state index < -0.39 is 11.6 Å². The molecule has 2 aromatic carbocycles. The van der Waals surface area contributed by atoms with Gasteiger partial charge < -0.3 is 10.9 Å². The summed E-state index contributed by atoms with van der Waals surface area (Å²) < 4.78 is 28.8. The van der Waals surface area contributed by atoms with E-state index in [1.807, 2.05) is 6.07 Å². The van der Waals surface area contributed by atoms with Crippen molar-refractivity contribution >= 4 is 17.3 Å². The van der Waals surface area contributed by atoms with Gasteiger partial charge in [0.05, 0.1) is 17.8 Å². The number of fused-ring (bicyclic) bond motifs is 1. The summed E-state index contributed by atoms with van der Waals surface area (Å²) in [7, 11) is 0. The number of rotatable bonds is 6. The van der Waals surface area contributed by atoms with Gasteiger partial charge in [0.15, 0.2) is 0 Å². The van der Waals surface area contributed by atoms with Crippen molar-refractivity contribution in [2.24, 2.45) is 4.99 Å². The standard InChI is InChI=1S/C21H19ClF2N3.Y/c1-2-3-9-26-27-13-14-10-15-7-8-16(22)11-17(15)21(25-12-14)20-18(23)5-4-6-19(20)24;/h2,4-8,11,13,27H,1,3,9-10,12H2;/q-1;/b14-13+;. The van der Waals surface area contributed by atoms with Crippen molar-refractivity contribution < 1.29 is 41.5 Å². The first kappa shape index (κ1) is 22.9. The normalized spacial score (nSPS) is 14.5. The first-order chi connectivity index (χ1) is 13.1. The van der Waals surface area contributed by atoms with Gasteiger partial charge in [-0.2, -0.15) is 0 Å². The summed E-state index contributed by atoms with van der Waals surface area (Å²) in [5, 5.41) is 0.489. The molecule has 0 saturated heterocycles. The Labute approximate surface area is 193 Å². The van der Waals surface area contributed by atoms with E-state index in [1.165, 1.54) is 18.2 Å². The molecule has 3 rings (SSSR count). The van der Waals surface area contributed by atoms with E-state index in [1.54, 1.807) is 24.4 Å². The molecule has 1 heterocycles. The predicted octanol–water partition coefficient (Wildman–Crippen LogP) is 5.35. The average molecular weight is 476 g/mol. The van der Waals surface area contributed by atoms with Crippen LogP contribution in [0.2, 0.25) is 5.02 Å². The van der Waals surface area contributed by atoms with Crippen molar-refractivity contribution in [3.63, 3.8) is 0 Å². The molecule has 0 saturated carbocycles. The van der Waals surface area contributed by atoms with E-state index in [2.05, 4.69) is 22.4 Å². The number of benzene rings is 2. The molecule has 2 aromatic rings. The Kier molecular flexibility index (Phi) is 8.96. The summed E-state index contributed by atoms with van der Waals surface area (Å²) >= 11 is 6.14. The first-order valence-electron chi connectivity index (χ1n) is 8.58. The summed E-state index contributed by atoms with van der Waals surface area (Å²) in [5.74, 6) is -1.30. The Balaban J connectivity index is 0.00000280. The molecule has 0 unspecified atom stereocenters. The van der Waals surface area contributed by atoms with Crippen LogP contribution in [0.1, 0.15) is 23.1 Å². The molecule has 0 aliphatic carbocycles. The molecule has 0 fully saturated rings. The van der Waals surface area contributed by atoms with E-state index in [-0.39, 0.29) is 44.0 Å². The van der Waals surface area contributed by atoms with Gasteiger partial charge in [0.25, 0.3) is 0 Å². The fraction of sp³-hybridized carbons (Fsp3) is 0.190. The van der Waals surface area contributed by atoms with Gasteiger partial charge in [0.1, 0.15) is 11.6 Å². The van der Waals surface area contributed by atoms with Crippen LogP contribution in [0.4, 0.5) is 8.78 Å². The maximum absolute atomic E-state index is 14.4. The van der Waals surface area contributed by atoms with Crippen LogP contribution in [0.3, 0.4) is 0 Å². The van der Waals surface area contributed by atoms with Gasteiger partial charge in [-0.1, -0.05) is 36.2 Å². The molecule has 0 aromatic heterocycles. The van der Waals surface area contributed by atoms with Crippen LogP contribution in [-0.2, 0) is 39.1 Å². The number of halogens is 3. The number of hydrogen-bond acceptors (Lipinski definition) is 2. The summed E-state index contributed by atoms with van der Waals surface area (Å²) in [4.78, 5) is 4.51. The van der Waals surface area contributed by atoms with E-state index in [0.717, 1.165) is 17.6 Å². The summed E-state index contributed by atoms with van der Waals surface area (Å²) in [6.07, 6.45) is 4.95. The molecule has 7 heteroatoms. The van der Waals surface area contributed by atoms with Crippen molar-refractivity contribution in [1.82, 2.24) is 5.43 Å². The Morgan fingerprint density at radius 3 is 2.68 bits per heavy atom. The molecule has 0 bridgehead atoms. The third kappa shape index (κ3) is 5.57. The minimum absolute atomic E-state index is 0. The number of aliphatic imine (C=N–C) groups is 1. The van der Waals surface area contributed by atoms with Crippen molar-refractivity contribution in [3.05, 3.63) is 99.6 Å². The predicted molar refractivity (Wildman–Crippen MR) is 106 cm³/mol. The molecule has 3 nitrogen and oxygen atoms in total. The fourth-order valence-corrected chi connectivity index (χ4v) is 3.05. The van der Waals surface area contributed by atoms with Crippen LogP contribution in [0.5, 0.6) is 0 Å². The second-order valence-corrected chi connectivity index (χ2v) is 6.57. The van der Waals surface area contributed by atoms with E-state index >= 15 is 0 Å². The van der Waals surface area contributed by atoms with E-state index in [4.69, 9.17) is 11.6 Å². The summed E-state index contributed by atoms with van der Waals surface area (Å²) in [6, 6.07) is 9.12. The zero-order valence-electron chi connectivity index (χ0n) is 15.3. The third-order valence-corrected chi connectivity index (χ3v) is 4.42. The maximum Gasteiger partial charge on any atom is 0.135 e. The Bertz CT molecular complexity index is 892. The third-order valence-electron chi connectivity index (χ3n) is 4.19. The second kappa shape index (κ2) is 11.0. The monoisotopic (exact) mass is 475 g/mol. The van der Waals surface area contributed by atoms with E-state index in [9.17, 15) is 8.78 Å². The van der Waals surface area contributed by atoms with Crippen molar-refractivity contribution in [1.29, 1.82) is 0 Å². The minimum Gasteiger partial charge on any atom is -0.571 e. The SMILES string of the molecule is C=CCC[N-]N/C=C1/CN=C(c2c(F)cccc2F)c2cc(Cl)ccc2C1.[Y]. The molecule has 1 radical (unpaired) electrons. The average Bonchev–Trinajstić information content (AvgIpc) is 2.81. The van der Waals surface area contributed by atoms with Gasteiger partial charge in [0, 0.05) is 43.3 Å². The molecule has 28 heavy (non-hydrogen) atoms. The number of nitrogens with zero attached hydrogens (tertiary/aromatic N) is 2. The van der Waals surface area contributed by atoms with Gasteiger partial charge in [-0.25, -0.2) is 8.78 Å². The first-order valence-corrected chi connectivity index (χ1v) is 8.96. The quantitative estimate of drug-likeness (QED) is 0.341. The van der Waals surface area contributed by atoms with Crippen LogP contribution in [-0.4, -0.2) is 18.8 Å². The van der Waals surface area contributed by atoms with Crippen LogP contribution in [0.25, 0.3) is 5.43 Å². The molecule has 143 valence electrons. The van der Waals surface area contributed by atoms with E-state index in [0.29, 0.717) is 30.1 Å². The summed E-state index contributed by atoms with van der Waals surface area (Å²) in [5.41, 5.74) is 9.71. The van der Waals surface area contributed by atoms with Gasteiger partial charge >= 0.3 is 0 Å². The van der Waals surface area contributed by atoms with Crippen LogP contribution >= 0.6 is 11.6 Å². The molecule has 0 amide bonds. The molecular formula is C21H19ClF2N3Y-.